The SMILES string of the molecule is CCCCC/C=C/CC/C=C/CC/C=C/C(O)C(COC1OC(CO)C(OC2OC(CO)C(OC3OC(CO)C(O)C(O)C3O)C(O)C2O)C(O)C1O)NC(=O)CCCCCCCCCC/C=C\C/C=C\C/C=C\CCCCCCC. The van der Waals surface area contributed by atoms with Gasteiger partial charge in [-0.15, -0.1) is 0 Å². The van der Waals surface area contributed by atoms with E-state index in [0.717, 1.165) is 70.6 Å². The van der Waals surface area contributed by atoms with E-state index < -0.39 is 124 Å². The van der Waals surface area contributed by atoms with Crippen molar-refractivity contribution in [3.8, 4) is 0 Å². The van der Waals surface area contributed by atoms with Crippen molar-refractivity contribution < 1.29 is 89.4 Å². The van der Waals surface area contributed by atoms with Crippen LogP contribution in [0.3, 0.4) is 0 Å². The number of nitrogens with one attached hydrogen (secondary N) is 1. The van der Waals surface area contributed by atoms with Crippen LogP contribution in [-0.4, -0.2) is 193 Å². The number of amides is 1. The molecule has 0 spiro atoms. The zero-order valence-electron chi connectivity index (χ0n) is 48.7. The molecule has 468 valence electrons. The Bertz CT molecular complexity index is 1760. The van der Waals surface area contributed by atoms with Crippen LogP contribution >= 0.6 is 0 Å². The molecular formula is C62H107NO18. The van der Waals surface area contributed by atoms with Crippen molar-refractivity contribution in [3.05, 3.63) is 72.9 Å². The highest BCUT2D eigenvalue weighted by Crippen LogP contribution is 2.33. The maximum absolute atomic E-state index is 13.3. The van der Waals surface area contributed by atoms with Gasteiger partial charge in [0, 0.05) is 6.42 Å². The van der Waals surface area contributed by atoms with Crippen LogP contribution in [-0.2, 0) is 33.2 Å². The van der Waals surface area contributed by atoms with Gasteiger partial charge in [-0.1, -0.05) is 164 Å². The van der Waals surface area contributed by atoms with Crippen LogP contribution in [0.1, 0.15) is 181 Å². The van der Waals surface area contributed by atoms with Crippen LogP contribution in [0.15, 0.2) is 72.9 Å². The predicted molar refractivity (Wildman–Crippen MR) is 309 cm³/mol. The van der Waals surface area contributed by atoms with Gasteiger partial charge in [-0.05, 0) is 83.5 Å². The largest absolute Gasteiger partial charge is 0.394 e. The van der Waals surface area contributed by atoms with Crippen molar-refractivity contribution in [3.63, 3.8) is 0 Å². The highest BCUT2D eigenvalue weighted by atomic mass is 16.8. The van der Waals surface area contributed by atoms with Crippen molar-refractivity contribution in [1.29, 1.82) is 0 Å². The predicted octanol–water partition coefficient (Wildman–Crippen LogP) is 5.82. The fraction of sp³-hybridized carbons (Fsp3) is 0.790. The van der Waals surface area contributed by atoms with Crippen molar-refractivity contribution >= 4 is 5.91 Å². The number of unbranched alkanes of at least 4 members (excludes halogenated alkanes) is 18. The molecule has 0 aromatic heterocycles. The molecule has 0 aromatic carbocycles. The number of ether oxygens (including phenoxy) is 6. The topological polar surface area (TPSA) is 307 Å². The van der Waals surface area contributed by atoms with E-state index in [4.69, 9.17) is 28.4 Å². The molecule has 3 aliphatic rings. The first-order valence-electron chi connectivity index (χ1n) is 30.7. The fourth-order valence-corrected chi connectivity index (χ4v) is 9.87. The van der Waals surface area contributed by atoms with Crippen molar-refractivity contribution in [2.24, 2.45) is 0 Å². The van der Waals surface area contributed by atoms with Crippen LogP contribution in [0, 0.1) is 0 Å². The van der Waals surface area contributed by atoms with Crippen LogP contribution in [0.25, 0.3) is 0 Å². The molecule has 0 aliphatic carbocycles. The minimum absolute atomic E-state index is 0.220. The highest BCUT2D eigenvalue weighted by molar-refractivity contribution is 5.76. The summed E-state index contributed by atoms with van der Waals surface area (Å²) in [5.74, 6) is -0.302. The molecular weight excluding hydrogens is 1050 g/mol. The third-order valence-corrected chi connectivity index (χ3v) is 15.0. The van der Waals surface area contributed by atoms with E-state index in [0.29, 0.717) is 12.8 Å². The van der Waals surface area contributed by atoms with E-state index in [2.05, 4.69) is 79.9 Å². The number of hydrogen-bond donors (Lipinski definition) is 12. The number of aliphatic hydroxyl groups excluding tert-OH is 11. The highest BCUT2D eigenvalue weighted by Gasteiger charge is 2.53. The van der Waals surface area contributed by atoms with Crippen LogP contribution < -0.4 is 5.32 Å². The normalized spacial score (nSPS) is 30.3. The van der Waals surface area contributed by atoms with E-state index in [9.17, 15) is 61.0 Å². The van der Waals surface area contributed by atoms with Gasteiger partial charge in [-0.3, -0.25) is 4.79 Å². The Kier molecular flexibility index (Phi) is 40.0. The number of rotatable bonds is 44. The lowest BCUT2D eigenvalue weighted by Gasteiger charge is -2.48. The lowest BCUT2D eigenvalue weighted by Crippen LogP contribution is -2.66. The van der Waals surface area contributed by atoms with Crippen molar-refractivity contribution in [2.45, 2.75) is 285 Å². The Morgan fingerprint density at radius 2 is 0.827 bits per heavy atom. The molecule has 3 fully saturated rings. The van der Waals surface area contributed by atoms with Gasteiger partial charge in [0.05, 0.1) is 38.6 Å². The molecule has 0 radical (unpaired) electrons. The fourth-order valence-electron chi connectivity index (χ4n) is 9.87. The quantitative estimate of drug-likeness (QED) is 0.0253. The summed E-state index contributed by atoms with van der Waals surface area (Å²) < 4.78 is 34.2. The first-order chi connectivity index (χ1) is 39.3. The maximum atomic E-state index is 13.3. The minimum atomic E-state index is -1.99. The molecule has 0 bridgehead atoms. The summed E-state index contributed by atoms with van der Waals surface area (Å²) in [7, 11) is 0. The van der Waals surface area contributed by atoms with Gasteiger partial charge in [-0.25, -0.2) is 0 Å². The number of carbonyl (C=O) groups excluding carboxylic acids is 1. The van der Waals surface area contributed by atoms with Gasteiger partial charge in [0.1, 0.15) is 73.2 Å². The van der Waals surface area contributed by atoms with Gasteiger partial charge in [0.2, 0.25) is 5.91 Å². The second-order valence-electron chi connectivity index (χ2n) is 21.8. The molecule has 19 nitrogen and oxygen atoms in total. The molecule has 12 N–H and O–H groups in total. The first kappa shape index (κ1) is 72.5. The molecule has 81 heavy (non-hydrogen) atoms. The molecule has 0 aromatic rings. The zero-order chi connectivity index (χ0) is 59.0. The third kappa shape index (κ3) is 28.3. The molecule has 0 saturated carbocycles. The zero-order valence-corrected chi connectivity index (χ0v) is 48.7. The Hall–Kier alpha value is -2.77. The summed E-state index contributed by atoms with van der Waals surface area (Å²) in [6.07, 6.45) is 26.0. The van der Waals surface area contributed by atoms with Crippen LogP contribution in [0.5, 0.6) is 0 Å². The Morgan fingerprint density at radius 1 is 0.444 bits per heavy atom. The summed E-state index contributed by atoms with van der Waals surface area (Å²) >= 11 is 0. The van der Waals surface area contributed by atoms with Crippen molar-refractivity contribution in [2.75, 3.05) is 26.4 Å². The van der Waals surface area contributed by atoms with E-state index >= 15 is 0 Å². The van der Waals surface area contributed by atoms with E-state index in [1.54, 1.807) is 6.08 Å². The van der Waals surface area contributed by atoms with Gasteiger partial charge in [0.25, 0.3) is 0 Å². The van der Waals surface area contributed by atoms with Crippen LogP contribution in [0.4, 0.5) is 0 Å². The third-order valence-electron chi connectivity index (χ3n) is 15.0. The average Bonchev–Trinajstić information content (AvgIpc) is 3.57. The maximum Gasteiger partial charge on any atom is 0.220 e. The lowest BCUT2D eigenvalue weighted by atomic mass is 9.96. The monoisotopic (exact) mass is 1150 g/mol. The number of aliphatic hydroxyl groups is 11. The van der Waals surface area contributed by atoms with Gasteiger partial charge >= 0.3 is 0 Å². The second-order valence-corrected chi connectivity index (χ2v) is 21.8. The smallest absolute Gasteiger partial charge is 0.220 e. The van der Waals surface area contributed by atoms with E-state index in [-0.39, 0.29) is 18.9 Å². The van der Waals surface area contributed by atoms with Crippen molar-refractivity contribution in [1.82, 2.24) is 5.32 Å². The summed E-state index contributed by atoms with van der Waals surface area (Å²) in [5.41, 5.74) is 0. The summed E-state index contributed by atoms with van der Waals surface area (Å²) in [5, 5.41) is 120. The molecule has 19 heteroatoms. The number of allylic oxidation sites excluding steroid dienone is 11. The van der Waals surface area contributed by atoms with E-state index in [1.165, 1.54) is 77.0 Å². The molecule has 17 unspecified atom stereocenters. The summed E-state index contributed by atoms with van der Waals surface area (Å²) in [6.45, 7) is 1.62. The molecule has 17 atom stereocenters. The van der Waals surface area contributed by atoms with Gasteiger partial charge < -0.3 is 89.9 Å². The summed E-state index contributed by atoms with van der Waals surface area (Å²) in [4.78, 5) is 13.3. The molecule has 3 saturated heterocycles. The minimum Gasteiger partial charge on any atom is -0.394 e. The number of carbonyl (C=O) groups is 1. The Labute approximate surface area is 483 Å². The van der Waals surface area contributed by atoms with Gasteiger partial charge in [0.15, 0.2) is 18.9 Å². The second kappa shape index (κ2) is 44.7. The Balaban J connectivity index is 1.49. The van der Waals surface area contributed by atoms with E-state index in [1.807, 2.05) is 6.08 Å². The molecule has 3 rings (SSSR count). The molecule has 3 heterocycles. The molecule has 3 aliphatic heterocycles. The van der Waals surface area contributed by atoms with Gasteiger partial charge in [-0.2, -0.15) is 0 Å². The van der Waals surface area contributed by atoms with Crippen LogP contribution in [0.2, 0.25) is 0 Å². The standard InChI is InChI=1S/C62H107NO18/c1-3-5-7-9-11-13-15-17-18-19-20-21-22-23-24-25-26-28-30-32-34-36-38-40-50(68)63-45(46(67)39-37-35-33-31-29-27-16-14-12-10-8-6-4-2)44-76-60-56(74)53(71)58(48(42-65)78-60)81-62-57(75)54(72)59(49(43-66)79-62)80-61-55(73)52(70)51(69)47(41-64)77-61/h12,14-15,17,19-20,22-23,29,31,37,39,45-49,51-62,64-67,69-75H,3-11,13,16,18,21,24-28,30,32-36,38,40-44H2,1-2H3,(H,63,68)/b14-12+,17-15-,20-19-,23-22-,31-29+,39-37+. The Morgan fingerprint density at radius 3 is 1.35 bits per heavy atom. The lowest BCUT2D eigenvalue weighted by molar-refractivity contribution is -0.379. The summed E-state index contributed by atoms with van der Waals surface area (Å²) in [6, 6.07) is -1.00. The first-order valence-corrected chi connectivity index (χ1v) is 30.7. The number of hydrogen-bond acceptors (Lipinski definition) is 18. The average molecular weight is 1150 g/mol. The molecule has 1 amide bonds.